The summed E-state index contributed by atoms with van der Waals surface area (Å²) in [5, 5.41) is 4.45. The molecule has 3 nitrogen and oxygen atoms in total. The fraction of sp³-hybridized carbons (Fsp3) is 0.0588. The molecule has 3 rings (SSSR count). The lowest BCUT2D eigenvalue weighted by Gasteiger charge is -2.00. The van der Waals surface area contributed by atoms with Gasteiger partial charge in [-0.3, -0.25) is 4.79 Å². The summed E-state index contributed by atoms with van der Waals surface area (Å²) in [6, 6.07) is 17.9. The normalized spacial score (nSPS) is 10.6. The Hall–Kier alpha value is -1.95. The van der Waals surface area contributed by atoms with Crippen molar-refractivity contribution in [3.8, 4) is 16.8 Å². The largest absolute Gasteiger partial charge is 0.293 e. The number of carbonyl (C=O) groups excluding carboxylic acids is 1. The number of benzene rings is 2. The second kappa shape index (κ2) is 5.81. The van der Waals surface area contributed by atoms with Crippen LogP contribution in [-0.4, -0.2) is 15.6 Å². The molecule has 104 valence electrons. The van der Waals surface area contributed by atoms with E-state index in [4.69, 9.17) is 0 Å². The molecule has 0 amide bonds. The van der Waals surface area contributed by atoms with Gasteiger partial charge >= 0.3 is 0 Å². The number of Topliss-reactive ketones (excluding diaryl/α,β-unsaturated/α-hetero) is 1. The number of hydrogen-bond acceptors (Lipinski definition) is 2. The molecule has 1 aromatic heterocycles. The molecule has 0 aliphatic heterocycles. The van der Waals surface area contributed by atoms with E-state index in [0.717, 1.165) is 16.8 Å². The van der Waals surface area contributed by atoms with Gasteiger partial charge in [0.1, 0.15) is 5.69 Å². The zero-order valence-corrected chi connectivity index (χ0v) is 13.6. The average molecular weight is 388 g/mol. The Balaban J connectivity index is 2.13. The Morgan fingerprint density at radius 2 is 1.71 bits per heavy atom. The van der Waals surface area contributed by atoms with Crippen LogP contribution in [0.4, 0.5) is 0 Å². The van der Waals surface area contributed by atoms with Gasteiger partial charge in [-0.05, 0) is 52.4 Å². The van der Waals surface area contributed by atoms with Crippen LogP contribution in [0.1, 0.15) is 17.4 Å². The molecule has 0 bridgehead atoms. The van der Waals surface area contributed by atoms with Crippen molar-refractivity contribution in [1.29, 1.82) is 0 Å². The number of carbonyl (C=O) groups is 1. The van der Waals surface area contributed by atoms with E-state index in [9.17, 15) is 4.79 Å². The second-order valence-electron chi connectivity index (χ2n) is 4.73. The summed E-state index contributed by atoms with van der Waals surface area (Å²) < 4.78 is 2.92. The van der Waals surface area contributed by atoms with E-state index in [1.165, 1.54) is 3.57 Å². The Labute approximate surface area is 136 Å². The van der Waals surface area contributed by atoms with E-state index in [1.54, 1.807) is 11.6 Å². The first kappa shape index (κ1) is 14.0. The topological polar surface area (TPSA) is 34.9 Å². The van der Waals surface area contributed by atoms with Crippen LogP contribution in [0.2, 0.25) is 0 Å². The summed E-state index contributed by atoms with van der Waals surface area (Å²) in [5.74, 6) is -0.0295. The molecule has 0 unspecified atom stereocenters. The molecule has 0 N–H and O–H groups in total. The van der Waals surface area contributed by atoms with Crippen molar-refractivity contribution < 1.29 is 4.79 Å². The summed E-state index contributed by atoms with van der Waals surface area (Å²) in [6.07, 6.45) is 1.91. The van der Waals surface area contributed by atoms with Gasteiger partial charge in [0.25, 0.3) is 0 Å². The quantitative estimate of drug-likeness (QED) is 0.494. The summed E-state index contributed by atoms with van der Waals surface area (Å²) in [5.41, 5.74) is 3.31. The van der Waals surface area contributed by atoms with E-state index >= 15 is 0 Å². The third-order valence-electron chi connectivity index (χ3n) is 3.22. The Morgan fingerprint density at radius 3 is 2.33 bits per heavy atom. The van der Waals surface area contributed by atoms with Crippen LogP contribution in [0.5, 0.6) is 0 Å². The van der Waals surface area contributed by atoms with Gasteiger partial charge in [0.2, 0.25) is 0 Å². The third kappa shape index (κ3) is 2.90. The first-order chi connectivity index (χ1) is 10.1. The maximum absolute atomic E-state index is 11.9. The minimum Gasteiger partial charge on any atom is -0.293 e. The molecule has 2 aromatic carbocycles. The molecule has 0 aliphatic carbocycles. The van der Waals surface area contributed by atoms with E-state index in [1.807, 2.05) is 60.8 Å². The van der Waals surface area contributed by atoms with Crippen molar-refractivity contribution in [2.45, 2.75) is 6.92 Å². The van der Waals surface area contributed by atoms with Gasteiger partial charge in [-0.1, -0.05) is 30.3 Å². The highest BCUT2D eigenvalue weighted by Crippen LogP contribution is 2.25. The van der Waals surface area contributed by atoms with E-state index in [-0.39, 0.29) is 5.78 Å². The number of hydrogen-bond donors (Lipinski definition) is 0. The molecule has 0 spiro atoms. The lowest BCUT2D eigenvalue weighted by Crippen LogP contribution is -1.99. The highest BCUT2D eigenvalue weighted by Gasteiger charge is 2.15. The van der Waals surface area contributed by atoms with Crippen molar-refractivity contribution in [2.75, 3.05) is 0 Å². The maximum atomic E-state index is 11.9. The molecule has 21 heavy (non-hydrogen) atoms. The molecule has 0 aliphatic rings. The lowest BCUT2D eigenvalue weighted by atomic mass is 10.1. The number of aromatic nitrogens is 2. The SMILES string of the molecule is CC(=O)c1nn(-c2ccc(I)cc2)cc1-c1ccccc1. The van der Waals surface area contributed by atoms with E-state index in [0.29, 0.717) is 5.69 Å². The van der Waals surface area contributed by atoms with Crippen LogP contribution in [0.15, 0.2) is 60.8 Å². The number of rotatable bonds is 3. The summed E-state index contributed by atoms with van der Waals surface area (Å²) in [6.45, 7) is 1.55. The van der Waals surface area contributed by atoms with Crippen molar-refractivity contribution in [3.05, 3.63) is 70.1 Å². The molecule has 0 saturated heterocycles. The van der Waals surface area contributed by atoms with Crippen molar-refractivity contribution in [1.82, 2.24) is 9.78 Å². The fourth-order valence-electron chi connectivity index (χ4n) is 2.19. The minimum absolute atomic E-state index is 0.0295. The van der Waals surface area contributed by atoms with Gasteiger partial charge in [0.15, 0.2) is 5.78 Å². The average Bonchev–Trinajstić information content (AvgIpc) is 2.94. The molecule has 0 saturated carbocycles. The highest BCUT2D eigenvalue weighted by molar-refractivity contribution is 14.1. The smallest absolute Gasteiger partial charge is 0.180 e. The monoisotopic (exact) mass is 388 g/mol. The van der Waals surface area contributed by atoms with Crippen LogP contribution in [0, 0.1) is 3.57 Å². The first-order valence-electron chi connectivity index (χ1n) is 6.57. The van der Waals surface area contributed by atoms with Gasteiger partial charge in [0, 0.05) is 22.3 Å². The zero-order valence-electron chi connectivity index (χ0n) is 11.5. The van der Waals surface area contributed by atoms with E-state index in [2.05, 4.69) is 27.7 Å². The predicted octanol–water partition coefficient (Wildman–Crippen LogP) is 4.35. The Morgan fingerprint density at radius 1 is 1.05 bits per heavy atom. The molecule has 0 radical (unpaired) electrons. The van der Waals surface area contributed by atoms with Crippen molar-refractivity contribution >= 4 is 28.4 Å². The lowest BCUT2D eigenvalue weighted by molar-refractivity contribution is 0.101. The highest BCUT2D eigenvalue weighted by atomic mass is 127. The standard InChI is InChI=1S/C17H13IN2O/c1-12(21)17-16(13-5-3-2-4-6-13)11-20(19-17)15-9-7-14(18)8-10-15/h2-11H,1H3. The van der Waals surface area contributed by atoms with Crippen molar-refractivity contribution in [2.24, 2.45) is 0 Å². The molecular weight excluding hydrogens is 375 g/mol. The molecule has 4 heteroatoms. The number of ketones is 1. The molecule has 3 aromatic rings. The third-order valence-corrected chi connectivity index (χ3v) is 3.94. The molecule has 0 atom stereocenters. The van der Waals surface area contributed by atoms with Crippen LogP contribution >= 0.6 is 22.6 Å². The maximum Gasteiger partial charge on any atom is 0.180 e. The van der Waals surface area contributed by atoms with Crippen LogP contribution < -0.4 is 0 Å². The summed E-state index contributed by atoms with van der Waals surface area (Å²) in [7, 11) is 0. The van der Waals surface area contributed by atoms with Gasteiger partial charge in [0.05, 0.1) is 5.69 Å². The number of halogens is 1. The van der Waals surface area contributed by atoms with Crippen molar-refractivity contribution in [3.63, 3.8) is 0 Å². The van der Waals surface area contributed by atoms with Crippen LogP contribution in [-0.2, 0) is 0 Å². The number of nitrogens with zero attached hydrogens (tertiary/aromatic N) is 2. The second-order valence-corrected chi connectivity index (χ2v) is 5.98. The Bertz CT molecular complexity index is 776. The minimum atomic E-state index is -0.0295. The molecular formula is C17H13IN2O. The van der Waals surface area contributed by atoms with Gasteiger partial charge in [-0.15, -0.1) is 0 Å². The first-order valence-corrected chi connectivity index (χ1v) is 7.65. The zero-order chi connectivity index (χ0) is 14.8. The Kier molecular flexibility index (Phi) is 3.88. The fourth-order valence-corrected chi connectivity index (χ4v) is 2.55. The summed E-state index contributed by atoms with van der Waals surface area (Å²) in [4.78, 5) is 11.9. The van der Waals surface area contributed by atoms with Crippen LogP contribution in [0.3, 0.4) is 0 Å². The predicted molar refractivity (Wildman–Crippen MR) is 91.7 cm³/mol. The molecule has 1 heterocycles. The van der Waals surface area contributed by atoms with E-state index < -0.39 is 0 Å². The van der Waals surface area contributed by atoms with Crippen LogP contribution in [0.25, 0.3) is 16.8 Å². The summed E-state index contributed by atoms with van der Waals surface area (Å²) >= 11 is 2.26. The van der Waals surface area contributed by atoms with Gasteiger partial charge in [-0.25, -0.2) is 4.68 Å². The van der Waals surface area contributed by atoms with Gasteiger partial charge in [-0.2, -0.15) is 5.10 Å². The molecule has 0 fully saturated rings. The van der Waals surface area contributed by atoms with Gasteiger partial charge < -0.3 is 0 Å².